The first-order chi connectivity index (χ1) is 11.5. The van der Waals surface area contributed by atoms with Crippen LogP contribution in [0.3, 0.4) is 0 Å². The summed E-state index contributed by atoms with van der Waals surface area (Å²) < 4.78 is 5.48. The highest BCUT2D eigenvalue weighted by Gasteiger charge is 2.17. The SMILES string of the molecule is CCOCc1ccccc1NCc1ccc(C(C)C)c([N+](=O)[O-])c1. The summed E-state index contributed by atoms with van der Waals surface area (Å²) in [6, 6.07) is 13.4. The van der Waals surface area contributed by atoms with E-state index in [1.807, 2.05) is 57.2 Å². The predicted octanol–water partition coefficient (Wildman–Crippen LogP) is 4.87. The van der Waals surface area contributed by atoms with Crippen molar-refractivity contribution in [1.82, 2.24) is 0 Å². The Labute approximate surface area is 142 Å². The second-order valence-electron chi connectivity index (χ2n) is 5.95. The normalized spacial score (nSPS) is 10.8. The summed E-state index contributed by atoms with van der Waals surface area (Å²) in [6.07, 6.45) is 0. The van der Waals surface area contributed by atoms with Crippen LogP contribution in [-0.4, -0.2) is 11.5 Å². The van der Waals surface area contributed by atoms with Crippen LogP contribution in [0.1, 0.15) is 43.4 Å². The first-order valence-electron chi connectivity index (χ1n) is 8.19. The lowest BCUT2D eigenvalue weighted by molar-refractivity contribution is -0.385. The smallest absolute Gasteiger partial charge is 0.273 e. The van der Waals surface area contributed by atoms with Gasteiger partial charge >= 0.3 is 0 Å². The van der Waals surface area contributed by atoms with Gasteiger partial charge in [-0.1, -0.05) is 44.2 Å². The zero-order valence-corrected chi connectivity index (χ0v) is 14.4. The van der Waals surface area contributed by atoms with Gasteiger partial charge in [0.1, 0.15) is 0 Å². The molecule has 0 amide bonds. The Morgan fingerprint density at radius 3 is 2.62 bits per heavy atom. The molecule has 0 aliphatic carbocycles. The first kappa shape index (κ1) is 17.9. The van der Waals surface area contributed by atoms with Gasteiger partial charge in [0, 0.05) is 36.0 Å². The summed E-state index contributed by atoms with van der Waals surface area (Å²) in [5, 5.41) is 14.6. The molecule has 0 spiro atoms. The van der Waals surface area contributed by atoms with Crippen molar-refractivity contribution in [3.05, 3.63) is 69.3 Å². The first-order valence-corrected chi connectivity index (χ1v) is 8.19. The van der Waals surface area contributed by atoms with E-state index in [2.05, 4.69) is 5.32 Å². The molecule has 0 bridgehead atoms. The molecule has 0 unspecified atom stereocenters. The molecule has 2 rings (SSSR count). The van der Waals surface area contributed by atoms with Crippen LogP contribution < -0.4 is 5.32 Å². The summed E-state index contributed by atoms with van der Waals surface area (Å²) in [4.78, 5) is 11.0. The lowest BCUT2D eigenvalue weighted by atomic mass is 9.99. The van der Waals surface area contributed by atoms with Crippen molar-refractivity contribution in [3.63, 3.8) is 0 Å². The molecular weight excluding hydrogens is 304 g/mol. The van der Waals surface area contributed by atoms with E-state index in [1.165, 1.54) is 0 Å². The lowest BCUT2D eigenvalue weighted by Crippen LogP contribution is -2.05. The lowest BCUT2D eigenvalue weighted by Gasteiger charge is -2.13. The summed E-state index contributed by atoms with van der Waals surface area (Å²) >= 11 is 0. The van der Waals surface area contributed by atoms with Crippen molar-refractivity contribution >= 4 is 11.4 Å². The van der Waals surface area contributed by atoms with E-state index in [4.69, 9.17) is 4.74 Å². The Kier molecular flexibility index (Phi) is 6.32. The van der Waals surface area contributed by atoms with Gasteiger partial charge in [-0.2, -0.15) is 0 Å². The van der Waals surface area contributed by atoms with E-state index in [-0.39, 0.29) is 16.5 Å². The number of para-hydroxylation sites is 1. The van der Waals surface area contributed by atoms with Crippen LogP contribution in [0.25, 0.3) is 0 Å². The number of hydrogen-bond donors (Lipinski definition) is 1. The number of anilines is 1. The number of hydrogen-bond acceptors (Lipinski definition) is 4. The average molecular weight is 328 g/mol. The van der Waals surface area contributed by atoms with Gasteiger partial charge in [0.05, 0.1) is 11.5 Å². The molecule has 2 aromatic carbocycles. The fourth-order valence-electron chi connectivity index (χ4n) is 2.57. The van der Waals surface area contributed by atoms with Crippen molar-refractivity contribution in [1.29, 1.82) is 0 Å². The summed E-state index contributed by atoms with van der Waals surface area (Å²) in [7, 11) is 0. The Hall–Kier alpha value is -2.40. The van der Waals surface area contributed by atoms with Crippen molar-refractivity contribution in [3.8, 4) is 0 Å². The van der Waals surface area contributed by atoms with Crippen molar-refractivity contribution < 1.29 is 9.66 Å². The molecule has 0 atom stereocenters. The van der Waals surface area contributed by atoms with Gasteiger partial charge < -0.3 is 10.1 Å². The largest absolute Gasteiger partial charge is 0.381 e. The highest BCUT2D eigenvalue weighted by atomic mass is 16.6. The van der Waals surface area contributed by atoms with Gasteiger partial charge in [-0.3, -0.25) is 10.1 Å². The molecule has 0 saturated carbocycles. The van der Waals surface area contributed by atoms with Crippen molar-refractivity contribution in [2.24, 2.45) is 0 Å². The molecule has 0 heterocycles. The number of benzene rings is 2. The molecule has 0 saturated heterocycles. The number of nitrogens with one attached hydrogen (secondary N) is 1. The third kappa shape index (κ3) is 4.55. The van der Waals surface area contributed by atoms with Crippen LogP contribution in [0.5, 0.6) is 0 Å². The van der Waals surface area contributed by atoms with Crippen LogP contribution in [0.4, 0.5) is 11.4 Å². The van der Waals surface area contributed by atoms with Gasteiger partial charge in [0.25, 0.3) is 5.69 Å². The highest BCUT2D eigenvalue weighted by Crippen LogP contribution is 2.27. The second kappa shape index (κ2) is 8.45. The third-order valence-corrected chi connectivity index (χ3v) is 3.88. The molecule has 0 radical (unpaired) electrons. The molecule has 0 fully saturated rings. The fraction of sp³-hybridized carbons (Fsp3) is 0.368. The van der Waals surface area contributed by atoms with Crippen LogP contribution >= 0.6 is 0 Å². The predicted molar refractivity (Wildman–Crippen MR) is 96.3 cm³/mol. The maximum absolute atomic E-state index is 11.3. The second-order valence-corrected chi connectivity index (χ2v) is 5.95. The van der Waals surface area contributed by atoms with Crippen LogP contribution in [0.15, 0.2) is 42.5 Å². The maximum Gasteiger partial charge on any atom is 0.273 e. The van der Waals surface area contributed by atoms with Gasteiger partial charge in [0.2, 0.25) is 0 Å². The molecule has 24 heavy (non-hydrogen) atoms. The van der Waals surface area contributed by atoms with Gasteiger partial charge in [-0.15, -0.1) is 0 Å². The minimum atomic E-state index is -0.304. The van der Waals surface area contributed by atoms with E-state index in [0.717, 1.165) is 22.4 Å². The minimum absolute atomic E-state index is 0.124. The molecule has 128 valence electrons. The number of ether oxygens (including phenoxy) is 1. The van der Waals surface area contributed by atoms with E-state index in [0.29, 0.717) is 19.8 Å². The quantitative estimate of drug-likeness (QED) is 0.555. The van der Waals surface area contributed by atoms with E-state index in [9.17, 15) is 10.1 Å². The van der Waals surface area contributed by atoms with Crippen LogP contribution in [0, 0.1) is 10.1 Å². The van der Waals surface area contributed by atoms with Crippen LogP contribution in [0.2, 0.25) is 0 Å². The number of nitro groups is 1. The average Bonchev–Trinajstić information content (AvgIpc) is 2.58. The standard InChI is InChI=1S/C19H24N2O3/c1-4-24-13-16-7-5-6-8-18(16)20-12-15-9-10-17(14(2)3)19(11-15)21(22)23/h5-11,14,20H,4,12-13H2,1-3H3. The molecule has 0 aromatic heterocycles. The molecule has 2 aromatic rings. The summed E-state index contributed by atoms with van der Waals surface area (Å²) in [5.74, 6) is 0.124. The zero-order valence-electron chi connectivity index (χ0n) is 14.4. The topological polar surface area (TPSA) is 64.4 Å². The molecule has 1 N–H and O–H groups in total. The van der Waals surface area contributed by atoms with Gasteiger partial charge in [-0.25, -0.2) is 0 Å². The fourth-order valence-corrected chi connectivity index (χ4v) is 2.57. The Morgan fingerprint density at radius 2 is 1.96 bits per heavy atom. The third-order valence-electron chi connectivity index (χ3n) is 3.88. The number of nitrogens with zero attached hydrogens (tertiary/aromatic N) is 1. The highest BCUT2D eigenvalue weighted by molar-refractivity contribution is 5.52. The van der Waals surface area contributed by atoms with Crippen molar-refractivity contribution in [2.75, 3.05) is 11.9 Å². The molecule has 0 aliphatic heterocycles. The van der Waals surface area contributed by atoms with E-state index >= 15 is 0 Å². The Bertz CT molecular complexity index is 699. The molecular formula is C19H24N2O3. The van der Waals surface area contributed by atoms with Gasteiger partial charge in [0.15, 0.2) is 0 Å². The maximum atomic E-state index is 11.3. The monoisotopic (exact) mass is 328 g/mol. The van der Waals surface area contributed by atoms with Gasteiger partial charge in [-0.05, 0) is 24.5 Å². The summed E-state index contributed by atoms with van der Waals surface area (Å²) in [6.45, 7) is 7.63. The number of nitro benzene ring substituents is 1. The van der Waals surface area contributed by atoms with E-state index < -0.39 is 0 Å². The number of rotatable bonds is 8. The Morgan fingerprint density at radius 1 is 1.21 bits per heavy atom. The zero-order chi connectivity index (χ0) is 17.5. The summed E-state index contributed by atoms with van der Waals surface area (Å²) in [5.41, 5.74) is 3.90. The molecule has 5 heteroatoms. The molecule has 5 nitrogen and oxygen atoms in total. The van der Waals surface area contributed by atoms with E-state index in [1.54, 1.807) is 6.07 Å². The van der Waals surface area contributed by atoms with Crippen LogP contribution in [-0.2, 0) is 17.9 Å². The Balaban J connectivity index is 2.15. The molecule has 0 aliphatic rings. The van der Waals surface area contributed by atoms with Crippen molar-refractivity contribution in [2.45, 2.75) is 39.8 Å². The minimum Gasteiger partial charge on any atom is -0.381 e.